The predicted molar refractivity (Wildman–Crippen MR) is 78.5 cm³/mol. The van der Waals surface area contributed by atoms with E-state index < -0.39 is 0 Å². The summed E-state index contributed by atoms with van der Waals surface area (Å²) in [5, 5.41) is 1.20. The van der Waals surface area contributed by atoms with Gasteiger partial charge >= 0.3 is 0 Å². The van der Waals surface area contributed by atoms with Gasteiger partial charge in [-0.25, -0.2) is 0 Å². The third-order valence-corrected chi connectivity index (χ3v) is 4.43. The summed E-state index contributed by atoms with van der Waals surface area (Å²) in [6.45, 7) is 11.1. The third-order valence-electron chi connectivity index (χ3n) is 3.73. The van der Waals surface area contributed by atoms with Crippen molar-refractivity contribution in [2.24, 2.45) is 4.99 Å². The molecule has 1 aromatic carbocycles. The molecule has 0 atom stereocenters. The van der Waals surface area contributed by atoms with Gasteiger partial charge in [-0.15, -0.1) is 11.8 Å². The maximum atomic E-state index is 4.87. The highest BCUT2D eigenvalue weighted by Crippen LogP contribution is 2.34. The van der Waals surface area contributed by atoms with Crippen LogP contribution in [0.1, 0.15) is 41.7 Å². The number of benzene rings is 1. The molecule has 0 saturated heterocycles. The van der Waals surface area contributed by atoms with E-state index in [0.717, 1.165) is 6.42 Å². The van der Waals surface area contributed by atoms with E-state index in [9.17, 15) is 0 Å². The van der Waals surface area contributed by atoms with E-state index in [0.29, 0.717) is 0 Å². The lowest BCUT2D eigenvalue weighted by molar-refractivity contribution is 0.513. The number of hydrogen-bond acceptors (Lipinski definition) is 2. The van der Waals surface area contributed by atoms with E-state index in [-0.39, 0.29) is 5.54 Å². The second kappa shape index (κ2) is 4.16. The zero-order valence-electron chi connectivity index (χ0n) is 11.6. The molecule has 0 amide bonds. The second-order valence-corrected chi connectivity index (χ2v) is 6.37. The van der Waals surface area contributed by atoms with E-state index >= 15 is 0 Å². The van der Waals surface area contributed by atoms with Crippen molar-refractivity contribution in [2.45, 2.75) is 46.6 Å². The van der Waals surface area contributed by atoms with E-state index in [2.05, 4.69) is 46.9 Å². The summed E-state index contributed by atoms with van der Waals surface area (Å²) >= 11 is 1.76. The average molecular weight is 247 g/mol. The minimum atomic E-state index is 0.0395. The molecule has 0 N–H and O–H groups in total. The van der Waals surface area contributed by atoms with Crippen LogP contribution in [0.3, 0.4) is 0 Å². The molecule has 2 rings (SSSR count). The lowest BCUT2D eigenvalue weighted by atomic mass is 9.84. The molecular formula is C15H21NS. The highest BCUT2D eigenvalue weighted by atomic mass is 32.2. The van der Waals surface area contributed by atoms with Gasteiger partial charge in [0.15, 0.2) is 0 Å². The van der Waals surface area contributed by atoms with Gasteiger partial charge in [0, 0.05) is 5.56 Å². The highest BCUT2D eigenvalue weighted by molar-refractivity contribution is 8.13. The van der Waals surface area contributed by atoms with Crippen molar-refractivity contribution in [1.29, 1.82) is 0 Å². The van der Waals surface area contributed by atoms with Gasteiger partial charge in [-0.1, -0.05) is 0 Å². The van der Waals surface area contributed by atoms with Gasteiger partial charge in [0.05, 0.1) is 10.6 Å². The Bertz CT molecular complexity index is 498. The number of nitrogens with zero attached hydrogens (tertiary/aromatic N) is 1. The summed E-state index contributed by atoms with van der Waals surface area (Å²) in [6, 6.07) is 2.31. The lowest BCUT2D eigenvalue weighted by Crippen LogP contribution is -2.29. The van der Waals surface area contributed by atoms with Gasteiger partial charge in [-0.2, -0.15) is 0 Å². The smallest absolute Gasteiger partial charge is 0.0983 e. The maximum Gasteiger partial charge on any atom is 0.0983 e. The Balaban J connectivity index is 2.70. The molecule has 1 aromatic rings. The molecule has 0 radical (unpaired) electrons. The van der Waals surface area contributed by atoms with Crippen molar-refractivity contribution in [3.63, 3.8) is 0 Å². The van der Waals surface area contributed by atoms with E-state index in [1.165, 1.54) is 32.9 Å². The summed E-state index contributed by atoms with van der Waals surface area (Å²) in [7, 11) is 0. The molecular weight excluding hydrogens is 226 g/mol. The van der Waals surface area contributed by atoms with Crippen LogP contribution in [0.4, 0.5) is 0 Å². The molecule has 0 saturated carbocycles. The quantitative estimate of drug-likeness (QED) is 0.673. The summed E-state index contributed by atoms with van der Waals surface area (Å²) in [6.07, 6.45) is 3.17. The van der Waals surface area contributed by atoms with Crippen LogP contribution in [0, 0.1) is 20.8 Å². The third kappa shape index (κ3) is 2.15. The first kappa shape index (κ1) is 12.7. The fourth-order valence-electron chi connectivity index (χ4n) is 2.52. The van der Waals surface area contributed by atoms with Gasteiger partial charge < -0.3 is 0 Å². The van der Waals surface area contributed by atoms with Crippen molar-refractivity contribution in [3.8, 4) is 0 Å². The largest absolute Gasteiger partial charge is 0.271 e. The normalized spacial score (nSPS) is 17.6. The van der Waals surface area contributed by atoms with Crippen LogP contribution in [0.25, 0.3) is 0 Å². The average Bonchev–Trinajstić information content (AvgIpc) is 2.26. The molecule has 92 valence electrons. The van der Waals surface area contributed by atoms with Gasteiger partial charge in [0.2, 0.25) is 0 Å². The molecule has 0 spiro atoms. The number of fused-ring (bicyclic) bond motifs is 1. The second-order valence-electron chi connectivity index (χ2n) is 5.58. The van der Waals surface area contributed by atoms with Crippen molar-refractivity contribution in [3.05, 3.63) is 33.9 Å². The van der Waals surface area contributed by atoms with E-state index in [1.807, 2.05) is 0 Å². The van der Waals surface area contributed by atoms with E-state index in [4.69, 9.17) is 4.99 Å². The van der Waals surface area contributed by atoms with Gasteiger partial charge in [-0.05, 0) is 75.6 Å². The zero-order valence-corrected chi connectivity index (χ0v) is 12.5. The number of rotatable bonds is 0. The summed E-state index contributed by atoms with van der Waals surface area (Å²) in [5.74, 6) is 0. The van der Waals surface area contributed by atoms with Crippen LogP contribution < -0.4 is 0 Å². The molecule has 0 bridgehead atoms. The first-order valence-corrected chi connectivity index (χ1v) is 7.32. The van der Waals surface area contributed by atoms with Crippen LogP contribution in [0.2, 0.25) is 0 Å². The van der Waals surface area contributed by atoms with Crippen molar-refractivity contribution in [2.75, 3.05) is 6.26 Å². The highest BCUT2D eigenvalue weighted by Gasteiger charge is 2.28. The fourth-order valence-corrected chi connectivity index (χ4v) is 3.26. The molecule has 0 aromatic heterocycles. The number of hydrogen-bond donors (Lipinski definition) is 0. The van der Waals surface area contributed by atoms with Crippen LogP contribution >= 0.6 is 11.8 Å². The SMILES string of the molecule is CSC1=NC(C)(C)Cc2c1cc(C)c(C)c2C. The molecule has 1 aliphatic rings. The fraction of sp³-hybridized carbons (Fsp3) is 0.533. The van der Waals surface area contributed by atoms with E-state index in [1.54, 1.807) is 11.8 Å². The van der Waals surface area contributed by atoms with Crippen LogP contribution in [0.15, 0.2) is 11.1 Å². The zero-order chi connectivity index (χ0) is 12.8. The predicted octanol–water partition coefficient (Wildman–Crippen LogP) is 4.06. The Morgan fingerprint density at radius 2 is 1.82 bits per heavy atom. The van der Waals surface area contributed by atoms with Crippen molar-refractivity contribution < 1.29 is 0 Å². The molecule has 1 aliphatic heterocycles. The monoisotopic (exact) mass is 247 g/mol. The molecule has 0 aliphatic carbocycles. The van der Waals surface area contributed by atoms with Gasteiger partial charge in [-0.3, -0.25) is 4.99 Å². The minimum Gasteiger partial charge on any atom is -0.271 e. The van der Waals surface area contributed by atoms with Crippen LogP contribution in [-0.2, 0) is 6.42 Å². The van der Waals surface area contributed by atoms with Crippen molar-refractivity contribution >= 4 is 16.8 Å². The number of thioether (sulfide) groups is 1. The Morgan fingerprint density at radius 3 is 2.41 bits per heavy atom. The Labute approximate surface area is 109 Å². The Kier molecular flexibility index (Phi) is 3.11. The van der Waals surface area contributed by atoms with Crippen LogP contribution in [0.5, 0.6) is 0 Å². The standard InChI is InChI=1S/C15H21NS/c1-9-7-12-13(11(3)10(9)2)8-15(4,5)16-14(12)17-6/h7H,8H2,1-6H3. The molecule has 1 nitrogen and oxygen atoms in total. The molecule has 0 fully saturated rings. The minimum absolute atomic E-state index is 0.0395. The molecule has 17 heavy (non-hydrogen) atoms. The number of aliphatic imine (C=N–C) groups is 1. The maximum absolute atomic E-state index is 4.87. The van der Waals surface area contributed by atoms with Crippen molar-refractivity contribution in [1.82, 2.24) is 0 Å². The first-order valence-electron chi connectivity index (χ1n) is 6.09. The van der Waals surface area contributed by atoms with Crippen LogP contribution in [-0.4, -0.2) is 16.8 Å². The Hall–Kier alpha value is -0.760. The summed E-state index contributed by atoms with van der Waals surface area (Å²) in [4.78, 5) is 4.87. The lowest BCUT2D eigenvalue weighted by Gasteiger charge is -2.30. The Morgan fingerprint density at radius 1 is 1.18 bits per heavy atom. The molecule has 2 heteroatoms. The first-order chi connectivity index (χ1) is 7.85. The summed E-state index contributed by atoms with van der Waals surface area (Å²) in [5.41, 5.74) is 7.16. The van der Waals surface area contributed by atoms with Gasteiger partial charge in [0.1, 0.15) is 0 Å². The van der Waals surface area contributed by atoms with Gasteiger partial charge in [0.25, 0.3) is 0 Å². The molecule has 1 heterocycles. The summed E-state index contributed by atoms with van der Waals surface area (Å²) < 4.78 is 0. The molecule has 0 unspecified atom stereocenters. The number of aryl methyl sites for hydroxylation is 1. The topological polar surface area (TPSA) is 12.4 Å².